The first kappa shape index (κ1) is 31.8. The summed E-state index contributed by atoms with van der Waals surface area (Å²) in [6, 6.07) is 28.8. The lowest BCUT2D eigenvalue weighted by molar-refractivity contribution is -0.138. The molecule has 238 valence electrons. The third-order valence-corrected chi connectivity index (χ3v) is 8.85. The van der Waals surface area contributed by atoms with Crippen LogP contribution < -0.4 is 29.1 Å². The summed E-state index contributed by atoms with van der Waals surface area (Å²) in [5, 5.41) is 0.636. The van der Waals surface area contributed by atoms with Gasteiger partial charge in [-0.15, -0.1) is 0 Å². The lowest BCUT2D eigenvalue weighted by atomic mass is 9.93. The molecule has 0 N–H and O–H groups in total. The Bertz CT molecular complexity index is 2120. The van der Waals surface area contributed by atoms with E-state index < -0.39 is 12.0 Å². The molecule has 8 nitrogen and oxygen atoms in total. The molecule has 5 aromatic rings. The summed E-state index contributed by atoms with van der Waals surface area (Å²) >= 11 is 7.29. The van der Waals surface area contributed by atoms with E-state index in [1.807, 2.05) is 66.7 Å². The fourth-order valence-electron chi connectivity index (χ4n) is 5.38. The number of methoxy groups -OCH3 is 2. The number of carbonyl (C=O) groups is 1. The minimum Gasteiger partial charge on any atom is -0.497 e. The SMILES string of the molecule is CCOC(=O)C1=C(c2ccccc2)N=c2s/c(=C\c3cccc(OC)c3OCc3ccc(Cl)cc3)c(=O)n2[C@H]1c1ccc(OC)cc1. The molecule has 2 heterocycles. The molecule has 0 radical (unpaired) electrons. The summed E-state index contributed by atoms with van der Waals surface area (Å²) in [5.41, 5.74) is 3.43. The van der Waals surface area contributed by atoms with Gasteiger partial charge in [-0.3, -0.25) is 9.36 Å². The summed E-state index contributed by atoms with van der Waals surface area (Å²) in [4.78, 5) is 33.4. The normalized spacial score (nSPS) is 14.3. The van der Waals surface area contributed by atoms with Gasteiger partial charge in [-0.1, -0.05) is 89.7 Å². The van der Waals surface area contributed by atoms with Crippen LogP contribution in [0.2, 0.25) is 5.02 Å². The first-order chi connectivity index (χ1) is 22.9. The molecule has 1 aromatic heterocycles. The second-order valence-electron chi connectivity index (χ2n) is 10.5. The number of para-hydroxylation sites is 1. The molecule has 0 unspecified atom stereocenters. The van der Waals surface area contributed by atoms with E-state index in [4.69, 9.17) is 35.5 Å². The molecule has 0 amide bonds. The van der Waals surface area contributed by atoms with E-state index in [1.165, 1.54) is 11.3 Å². The Morgan fingerprint density at radius 2 is 1.68 bits per heavy atom. The van der Waals surface area contributed by atoms with Gasteiger partial charge in [0.15, 0.2) is 16.3 Å². The number of benzene rings is 4. The Hall–Kier alpha value is -5.12. The first-order valence-electron chi connectivity index (χ1n) is 14.9. The summed E-state index contributed by atoms with van der Waals surface area (Å²) in [6.45, 7) is 2.18. The molecule has 0 bridgehead atoms. The van der Waals surface area contributed by atoms with E-state index in [-0.39, 0.29) is 24.3 Å². The Morgan fingerprint density at radius 1 is 0.936 bits per heavy atom. The van der Waals surface area contributed by atoms with Crippen LogP contribution in [0.15, 0.2) is 112 Å². The first-order valence-corrected chi connectivity index (χ1v) is 16.1. The zero-order valence-corrected chi connectivity index (χ0v) is 27.5. The molecule has 47 heavy (non-hydrogen) atoms. The Labute approximate surface area is 280 Å². The van der Waals surface area contributed by atoms with Gasteiger partial charge in [0.1, 0.15) is 12.4 Å². The maximum atomic E-state index is 14.4. The van der Waals surface area contributed by atoms with Crippen molar-refractivity contribution in [3.8, 4) is 17.2 Å². The van der Waals surface area contributed by atoms with Crippen LogP contribution in [0.5, 0.6) is 17.2 Å². The highest BCUT2D eigenvalue weighted by atomic mass is 35.5. The molecular weight excluding hydrogens is 636 g/mol. The van der Waals surface area contributed by atoms with Gasteiger partial charge >= 0.3 is 5.97 Å². The second kappa shape index (κ2) is 14.1. The quantitative estimate of drug-likeness (QED) is 0.165. The second-order valence-corrected chi connectivity index (χ2v) is 11.9. The van der Waals surface area contributed by atoms with Gasteiger partial charge in [0, 0.05) is 16.1 Å². The van der Waals surface area contributed by atoms with E-state index in [0.717, 1.165) is 11.1 Å². The van der Waals surface area contributed by atoms with Crippen LogP contribution in [-0.2, 0) is 16.1 Å². The number of hydrogen-bond donors (Lipinski definition) is 0. The van der Waals surface area contributed by atoms with Crippen LogP contribution in [-0.4, -0.2) is 31.4 Å². The van der Waals surface area contributed by atoms with E-state index in [2.05, 4.69) is 0 Å². The fourth-order valence-corrected chi connectivity index (χ4v) is 6.50. The minimum atomic E-state index is -0.806. The van der Waals surface area contributed by atoms with Crippen molar-refractivity contribution >= 4 is 40.7 Å². The van der Waals surface area contributed by atoms with E-state index in [1.54, 1.807) is 62.1 Å². The Balaban J connectivity index is 1.54. The molecule has 0 saturated heterocycles. The molecule has 10 heteroatoms. The lowest BCUT2D eigenvalue weighted by Gasteiger charge is -2.26. The maximum Gasteiger partial charge on any atom is 0.338 e. The molecule has 0 aliphatic carbocycles. The van der Waals surface area contributed by atoms with Crippen molar-refractivity contribution in [1.82, 2.24) is 4.57 Å². The number of halogens is 1. The number of aromatic nitrogens is 1. The summed E-state index contributed by atoms with van der Waals surface area (Å²) in [6.07, 6.45) is 1.77. The summed E-state index contributed by atoms with van der Waals surface area (Å²) in [7, 11) is 3.15. The van der Waals surface area contributed by atoms with E-state index in [0.29, 0.717) is 48.4 Å². The van der Waals surface area contributed by atoms with Gasteiger partial charge in [-0.25, -0.2) is 9.79 Å². The molecule has 1 aliphatic rings. The Kier molecular flexibility index (Phi) is 9.56. The van der Waals surface area contributed by atoms with Gasteiger partial charge < -0.3 is 18.9 Å². The number of thiazole rings is 1. The molecule has 4 aromatic carbocycles. The van der Waals surface area contributed by atoms with Crippen molar-refractivity contribution in [1.29, 1.82) is 0 Å². The highest BCUT2D eigenvalue weighted by molar-refractivity contribution is 7.07. The average Bonchev–Trinajstić information content (AvgIpc) is 3.41. The maximum absolute atomic E-state index is 14.4. The predicted molar refractivity (Wildman–Crippen MR) is 183 cm³/mol. The number of ether oxygens (including phenoxy) is 4. The highest BCUT2D eigenvalue weighted by Gasteiger charge is 2.35. The number of fused-ring (bicyclic) bond motifs is 1. The standard InChI is InChI=1S/C37H31ClN2O6S/c1-4-45-36(42)31-32(24-9-6-5-7-10-24)39-37-40(33(31)25-15-19-28(43-2)20-16-25)35(41)30(47-37)21-26-11-8-12-29(44-3)34(26)46-22-23-13-17-27(38)18-14-23/h5-21,33H,4,22H2,1-3H3/b30-21-/t33-/m0/s1. The number of esters is 1. The number of rotatable bonds is 10. The van der Waals surface area contributed by atoms with Crippen molar-refractivity contribution in [3.05, 3.63) is 150 Å². The van der Waals surface area contributed by atoms with Crippen LogP contribution in [0, 0.1) is 0 Å². The van der Waals surface area contributed by atoms with Crippen molar-refractivity contribution in [3.63, 3.8) is 0 Å². The van der Waals surface area contributed by atoms with Crippen LogP contribution in [0.4, 0.5) is 0 Å². The van der Waals surface area contributed by atoms with Gasteiger partial charge in [0.05, 0.1) is 42.7 Å². The lowest BCUT2D eigenvalue weighted by Crippen LogP contribution is -2.40. The van der Waals surface area contributed by atoms with Crippen molar-refractivity contribution in [2.24, 2.45) is 4.99 Å². The predicted octanol–water partition coefficient (Wildman–Crippen LogP) is 6.19. The monoisotopic (exact) mass is 666 g/mol. The minimum absolute atomic E-state index is 0.165. The largest absolute Gasteiger partial charge is 0.497 e. The van der Waals surface area contributed by atoms with Crippen LogP contribution in [0.3, 0.4) is 0 Å². The van der Waals surface area contributed by atoms with Gasteiger partial charge in [0.25, 0.3) is 5.56 Å². The average molecular weight is 667 g/mol. The summed E-state index contributed by atoms with van der Waals surface area (Å²) < 4.78 is 24.8. The van der Waals surface area contributed by atoms with E-state index >= 15 is 0 Å². The van der Waals surface area contributed by atoms with Crippen molar-refractivity contribution in [2.45, 2.75) is 19.6 Å². The van der Waals surface area contributed by atoms with E-state index in [9.17, 15) is 9.59 Å². The topological polar surface area (TPSA) is 88.4 Å². The summed E-state index contributed by atoms with van der Waals surface area (Å²) in [5.74, 6) is 1.11. The van der Waals surface area contributed by atoms with Gasteiger partial charge in [0.2, 0.25) is 0 Å². The molecule has 1 atom stereocenters. The third kappa shape index (κ3) is 6.58. The molecule has 1 aliphatic heterocycles. The van der Waals surface area contributed by atoms with Gasteiger partial charge in [-0.05, 0) is 54.5 Å². The molecule has 0 saturated carbocycles. The molecule has 0 fully saturated rings. The smallest absolute Gasteiger partial charge is 0.338 e. The van der Waals surface area contributed by atoms with Crippen LogP contribution in [0.1, 0.15) is 35.2 Å². The number of hydrogen-bond acceptors (Lipinski definition) is 8. The molecule has 6 rings (SSSR count). The van der Waals surface area contributed by atoms with Crippen molar-refractivity contribution < 1.29 is 23.7 Å². The van der Waals surface area contributed by atoms with Crippen LogP contribution in [0.25, 0.3) is 11.8 Å². The third-order valence-electron chi connectivity index (χ3n) is 7.62. The zero-order chi connectivity index (χ0) is 32.9. The fraction of sp³-hybridized carbons (Fsp3) is 0.162. The highest BCUT2D eigenvalue weighted by Crippen LogP contribution is 2.36. The molecular formula is C37H31ClN2O6S. The van der Waals surface area contributed by atoms with Crippen molar-refractivity contribution in [2.75, 3.05) is 20.8 Å². The zero-order valence-electron chi connectivity index (χ0n) is 25.9. The Morgan fingerprint density at radius 3 is 2.36 bits per heavy atom. The van der Waals surface area contributed by atoms with Crippen LogP contribution >= 0.6 is 22.9 Å². The number of nitrogens with zero attached hydrogens (tertiary/aromatic N) is 2. The number of carbonyl (C=O) groups excluding carboxylic acids is 1. The van der Waals surface area contributed by atoms with Gasteiger partial charge in [-0.2, -0.15) is 0 Å². The molecule has 0 spiro atoms.